The Morgan fingerprint density at radius 1 is 1.29 bits per heavy atom. The number of carbonyl (C=O) groups excluding carboxylic acids is 1. The highest BCUT2D eigenvalue weighted by atomic mass is 19.1. The van der Waals surface area contributed by atoms with Crippen LogP contribution in [0.15, 0.2) is 29.8 Å². The van der Waals surface area contributed by atoms with Crippen LogP contribution in [0.2, 0.25) is 0 Å². The highest BCUT2D eigenvalue weighted by molar-refractivity contribution is 5.99. The highest BCUT2D eigenvalue weighted by Crippen LogP contribution is 2.13. The van der Waals surface area contributed by atoms with Gasteiger partial charge in [-0.15, -0.1) is 0 Å². The average Bonchev–Trinajstić information content (AvgIpc) is 2.56. The molecule has 72 valence electrons. The van der Waals surface area contributed by atoms with Crippen LogP contribution >= 0.6 is 0 Å². The second-order valence-corrected chi connectivity index (χ2v) is 3.23. The van der Waals surface area contributed by atoms with E-state index in [-0.39, 0.29) is 11.7 Å². The first-order valence-electron chi connectivity index (χ1n) is 4.50. The summed E-state index contributed by atoms with van der Waals surface area (Å²) < 4.78 is 12.6. The molecule has 1 saturated heterocycles. The summed E-state index contributed by atoms with van der Waals surface area (Å²) in [6.07, 6.45) is 2.54. The average molecular weight is 191 g/mol. The van der Waals surface area contributed by atoms with E-state index in [0.29, 0.717) is 6.54 Å². The molecule has 1 aromatic rings. The number of benzene rings is 1. The number of halogens is 1. The number of carbonyl (C=O) groups is 1. The van der Waals surface area contributed by atoms with E-state index in [9.17, 15) is 9.18 Å². The fourth-order valence-corrected chi connectivity index (χ4v) is 1.44. The minimum Gasteiger partial charge on any atom is -0.352 e. The summed E-state index contributed by atoms with van der Waals surface area (Å²) >= 11 is 0. The van der Waals surface area contributed by atoms with Crippen LogP contribution in [0.3, 0.4) is 0 Å². The quantitative estimate of drug-likeness (QED) is 0.673. The number of amides is 1. The molecule has 0 saturated carbocycles. The van der Waals surface area contributed by atoms with Crippen LogP contribution < -0.4 is 5.32 Å². The number of hydrogen-bond donors (Lipinski definition) is 1. The van der Waals surface area contributed by atoms with Gasteiger partial charge in [0.1, 0.15) is 5.82 Å². The lowest BCUT2D eigenvalue weighted by Crippen LogP contribution is -2.13. The SMILES string of the molecule is O=C1NCC/C1=C\c1ccc(F)cc1. The Labute approximate surface area is 81.4 Å². The van der Waals surface area contributed by atoms with Gasteiger partial charge in [0.25, 0.3) is 0 Å². The van der Waals surface area contributed by atoms with Gasteiger partial charge in [-0.1, -0.05) is 12.1 Å². The Bertz CT molecular complexity index is 381. The summed E-state index contributed by atoms with van der Waals surface area (Å²) in [6.45, 7) is 0.700. The smallest absolute Gasteiger partial charge is 0.247 e. The molecule has 0 bridgehead atoms. The minimum absolute atomic E-state index is 0.0191. The van der Waals surface area contributed by atoms with Crippen molar-refractivity contribution in [2.45, 2.75) is 6.42 Å². The number of nitrogens with one attached hydrogen (secondary N) is 1. The van der Waals surface area contributed by atoms with E-state index in [1.54, 1.807) is 18.2 Å². The first-order valence-corrected chi connectivity index (χ1v) is 4.50. The van der Waals surface area contributed by atoms with Gasteiger partial charge in [0, 0.05) is 12.1 Å². The molecule has 0 aliphatic carbocycles. The largest absolute Gasteiger partial charge is 0.352 e. The van der Waals surface area contributed by atoms with Crippen LogP contribution in [0.5, 0.6) is 0 Å². The molecule has 1 amide bonds. The zero-order valence-corrected chi connectivity index (χ0v) is 7.59. The summed E-state index contributed by atoms with van der Waals surface area (Å²) in [5, 5.41) is 2.72. The molecule has 0 aromatic heterocycles. The zero-order chi connectivity index (χ0) is 9.97. The number of rotatable bonds is 1. The normalized spacial score (nSPS) is 18.6. The van der Waals surface area contributed by atoms with Gasteiger partial charge < -0.3 is 5.32 Å². The fraction of sp³-hybridized carbons (Fsp3) is 0.182. The van der Waals surface area contributed by atoms with Crippen molar-refractivity contribution in [3.63, 3.8) is 0 Å². The molecular weight excluding hydrogens is 181 g/mol. The molecule has 0 spiro atoms. The zero-order valence-electron chi connectivity index (χ0n) is 7.59. The van der Waals surface area contributed by atoms with E-state index in [4.69, 9.17) is 0 Å². The Balaban J connectivity index is 2.24. The molecule has 1 fully saturated rings. The lowest BCUT2D eigenvalue weighted by atomic mass is 10.1. The highest BCUT2D eigenvalue weighted by Gasteiger charge is 2.15. The molecule has 3 heteroatoms. The second kappa shape index (κ2) is 3.62. The van der Waals surface area contributed by atoms with Crippen LogP contribution in [0.25, 0.3) is 6.08 Å². The van der Waals surface area contributed by atoms with Crippen molar-refractivity contribution in [1.29, 1.82) is 0 Å². The van der Waals surface area contributed by atoms with Gasteiger partial charge in [-0.05, 0) is 30.2 Å². The standard InChI is InChI=1S/C11H10FNO/c12-10-3-1-8(2-4-10)7-9-5-6-13-11(9)14/h1-4,7H,5-6H2,(H,13,14)/b9-7+. The summed E-state index contributed by atoms with van der Waals surface area (Å²) in [6, 6.07) is 6.10. The summed E-state index contributed by atoms with van der Waals surface area (Å²) in [5.41, 5.74) is 1.62. The molecule has 0 radical (unpaired) electrons. The molecule has 14 heavy (non-hydrogen) atoms. The molecule has 1 N–H and O–H groups in total. The van der Waals surface area contributed by atoms with Crippen molar-refractivity contribution in [2.75, 3.05) is 6.54 Å². The molecule has 0 unspecified atom stereocenters. The van der Waals surface area contributed by atoms with Gasteiger partial charge in [-0.2, -0.15) is 0 Å². The molecule has 2 rings (SSSR count). The van der Waals surface area contributed by atoms with Crippen molar-refractivity contribution in [3.8, 4) is 0 Å². The summed E-state index contributed by atoms with van der Waals surface area (Å²) in [5.74, 6) is -0.280. The van der Waals surface area contributed by atoms with Crippen molar-refractivity contribution in [1.82, 2.24) is 5.32 Å². The maximum Gasteiger partial charge on any atom is 0.247 e. The molecule has 1 aromatic carbocycles. The Kier molecular flexibility index (Phi) is 2.31. The molecule has 0 atom stereocenters. The third-order valence-electron chi connectivity index (χ3n) is 2.18. The maximum atomic E-state index is 12.6. The van der Waals surface area contributed by atoms with Crippen molar-refractivity contribution in [3.05, 3.63) is 41.2 Å². The molecule has 1 heterocycles. The lowest BCUT2D eigenvalue weighted by molar-refractivity contribution is -0.116. The van der Waals surface area contributed by atoms with Gasteiger partial charge in [0.05, 0.1) is 0 Å². The maximum absolute atomic E-state index is 12.6. The van der Waals surface area contributed by atoms with Crippen LogP contribution in [0, 0.1) is 5.82 Å². The third-order valence-corrected chi connectivity index (χ3v) is 2.18. The Morgan fingerprint density at radius 2 is 2.00 bits per heavy atom. The molecule has 2 nitrogen and oxygen atoms in total. The van der Waals surface area contributed by atoms with Crippen LogP contribution in [0.1, 0.15) is 12.0 Å². The lowest BCUT2D eigenvalue weighted by Gasteiger charge is -1.95. The van der Waals surface area contributed by atoms with E-state index < -0.39 is 0 Å². The van der Waals surface area contributed by atoms with E-state index in [0.717, 1.165) is 17.6 Å². The summed E-state index contributed by atoms with van der Waals surface area (Å²) in [4.78, 5) is 11.2. The first-order chi connectivity index (χ1) is 6.75. The Morgan fingerprint density at radius 3 is 2.57 bits per heavy atom. The first kappa shape index (κ1) is 8.94. The van der Waals surface area contributed by atoms with E-state index in [1.165, 1.54) is 12.1 Å². The van der Waals surface area contributed by atoms with Gasteiger partial charge in [0.15, 0.2) is 0 Å². The number of hydrogen-bond acceptors (Lipinski definition) is 1. The van der Waals surface area contributed by atoms with Crippen molar-refractivity contribution >= 4 is 12.0 Å². The molecule has 1 aliphatic rings. The van der Waals surface area contributed by atoms with E-state index >= 15 is 0 Å². The predicted octanol–water partition coefficient (Wildman–Crippen LogP) is 1.73. The minimum atomic E-state index is -0.261. The Hall–Kier alpha value is -1.64. The second-order valence-electron chi connectivity index (χ2n) is 3.23. The van der Waals surface area contributed by atoms with Crippen molar-refractivity contribution in [2.24, 2.45) is 0 Å². The van der Waals surface area contributed by atoms with Gasteiger partial charge >= 0.3 is 0 Å². The van der Waals surface area contributed by atoms with Gasteiger partial charge in [0.2, 0.25) is 5.91 Å². The third kappa shape index (κ3) is 1.82. The van der Waals surface area contributed by atoms with E-state index in [1.807, 2.05) is 0 Å². The van der Waals surface area contributed by atoms with Crippen molar-refractivity contribution < 1.29 is 9.18 Å². The summed E-state index contributed by atoms with van der Waals surface area (Å²) in [7, 11) is 0. The fourth-order valence-electron chi connectivity index (χ4n) is 1.44. The topological polar surface area (TPSA) is 29.1 Å². The van der Waals surface area contributed by atoms with Gasteiger partial charge in [-0.3, -0.25) is 4.79 Å². The predicted molar refractivity (Wildman–Crippen MR) is 52.0 cm³/mol. The van der Waals surface area contributed by atoms with Crippen LogP contribution in [-0.4, -0.2) is 12.5 Å². The molecule has 1 aliphatic heterocycles. The molecular formula is C11H10FNO. The van der Waals surface area contributed by atoms with Gasteiger partial charge in [-0.25, -0.2) is 4.39 Å². The van der Waals surface area contributed by atoms with Crippen LogP contribution in [-0.2, 0) is 4.79 Å². The van der Waals surface area contributed by atoms with Crippen LogP contribution in [0.4, 0.5) is 4.39 Å². The monoisotopic (exact) mass is 191 g/mol. The van der Waals surface area contributed by atoms with E-state index in [2.05, 4.69) is 5.32 Å².